The van der Waals surface area contributed by atoms with Crippen molar-refractivity contribution in [3.8, 4) is 23.0 Å². The molecule has 0 fully saturated rings. The number of benzene rings is 3. The van der Waals surface area contributed by atoms with Gasteiger partial charge in [0.1, 0.15) is 0 Å². The fourth-order valence-electron chi connectivity index (χ4n) is 3.41. The SMILES string of the molecule is c1ccc(CC[Si-]23(Oc4ccccc4O2)Oc2ccccc2O3)cc1. The van der Waals surface area contributed by atoms with Crippen LogP contribution in [-0.2, 0) is 6.42 Å². The van der Waals surface area contributed by atoms with Crippen molar-refractivity contribution in [2.24, 2.45) is 0 Å². The first-order valence-electron chi connectivity index (χ1n) is 8.41. The summed E-state index contributed by atoms with van der Waals surface area (Å²) in [6.45, 7) is 0. The van der Waals surface area contributed by atoms with Crippen LogP contribution in [0.3, 0.4) is 0 Å². The van der Waals surface area contributed by atoms with Crippen molar-refractivity contribution >= 4 is 8.33 Å². The molecule has 0 amide bonds. The number of aryl methyl sites for hydroxylation is 1. The molecule has 0 radical (unpaired) electrons. The molecule has 0 bridgehead atoms. The van der Waals surface area contributed by atoms with Gasteiger partial charge in [-0.25, -0.2) is 0 Å². The summed E-state index contributed by atoms with van der Waals surface area (Å²) < 4.78 is 25.3. The van der Waals surface area contributed by atoms with Crippen molar-refractivity contribution in [2.75, 3.05) is 0 Å². The quantitative estimate of drug-likeness (QED) is 0.650. The Kier molecular flexibility index (Phi) is 2.90. The average molecular weight is 349 g/mol. The summed E-state index contributed by atoms with van der Waals surface area (Å²) in [5.41, 5.74) is 1.19. The van der Waals surface area contributed by atoms with Crippen LogP contribution >= 0.6 is 0 Å². The number of hydrogen-bond acceptors (Lipinski definition) is 4. The van der Waals surface area contributed by atoms with Crippen LogP contribution in [0.25, 0.3) is 0 Å². The molecule has 0 saturated carbocycles. The molecular weight excluding hydrogens is 332 g/mol. The molecule has 0 aliphatic carbocycles. The Labute approximate surface area is 146 Å². The molecule has 0 atom stereocenters. The molecule has 2 aliphatic heterocycles. The Balaban J connectivity index is 1.54. The van der Waals surface area contributed by atoms with E-state index in [-0.39, 0.29) is 0 Å². The Hall–Kier alpha value is -2.92. The summed E-state index contributed by atoms with van der Waals surface area (Å²) >= 11 is 0. The summed E-state index contributed by atoms with van der Waals surface area (Å²) in [7, 11) is -4.11. The molecule has 4 nitrogen and oxygen atoms in total. The van der Waals surface area contributed by atoms with Crippen molar-refractivity contribution < 1.29 is 17.7 Å². The Morgan fingerprint density at radius 3 is 1.36 bits per heavy atom. The second-order valence-corrected chi connectivity index (χ2v) is 9.84. The molecular formula is C20H17O4Si-. The third-order valence-electron chi connectivity index (χ3n) is 4.59. The molecule has 1 spiro atoms. The first kappa shape index (κ1) is 14.4. The monoisotopic (exact) mass is 349 g/mol. The van der Waals surface area contributed by atoms with Crippen LogP contribution < -0.4 is 17.7 Å². The van der Waals surface area contributed by atoms with E-state index in [2.05, 4.69) is 12.1 Å². The molecule has 2 aliphatic rings. The summed E-state index contributed by atoms with van der Waals surface area (Å²) in [6, 6.07) is 26.0. The number of hydrogen-bond donors (Lipinski definition) is 0. The van der Waals surface area contributed by atoms with Gasteiger partial charge in [-0.3, -0.25) is 0 Å². The van der Waals surface area contributed by atoms with Gasteiger partial charge >= 0.3 is 146 Å². The van der Waals surface area contributed by atoms with E-state index in [1.807, 2.05) is 66.7 Å². The van der Waals surface area contributed by atoms with Crippen molar-refractivity contribution in [3.05, 3.63) is 84.4 Å². The zero-order valence-electron chi connectivity index (χ0n) is 13.6. The van der Waals surface area contributed by atoms with E-state index in [1.165, 1.54) is 5.56 Å². The third kappa shape index (κ3) is 2.27. The number of para-hydroxylation sites is 4. The van der Waals surface area contributed by atoms with E-state index in [0.717, 1.165) is 6.42 Å². The van der Waals surface area contributed by atoms with Crippen molar-refractivity contribution in [1.29, 1.82) is 0 Å². The second-order valence-electron chi connectivity index (χ2n) is 6.36. The van der Waals surface area contributed by atoms with Crippen LogP contribution in [0.15, 0.2) is 78.9 Å². The van der Waals surface area contributed by atoms with Gasteiger partial charge in [0.2, 0.25) is 0 Å². The van der Waals surface area contributed by atoms with E-state index >= 15 is 0 Å². The zero-order chi connectivity index (χ0) is 16.8. The predicted molar refractivity (Wildman–Crippen MR) is 96.1 cm³/mol. The summed E-state index contributed by atoms with van der Waals surface area (Å²) in [5.74, 6) is 2.71. The first-order chi connectivity index (χ1) is 12.2. The van der Waals surface area contributed by atoms with E-state index in [1.54, 1.807) is 0 Å². The van der Waals surface area contributed by atoms with Gasteiger partial charge < -0.3 is 0 Å². The maximum atomic E-state index is 6.33. The second kappa shape index (κ2) is 5.04. The average Bonchev–Trinajstić information content (AvgIpc) is 3.15. The maximum absolute atomic E-state index is 6.33. The van der Waals surface area contributed by atoms with E-state index in [9.17, 15) is 0 Å². The van der Waals surface area contributed by atoms with Gasteiger partial charge in [-0.1, -0.05) is 0 Å². The number of rotatable bonds is 3. The molecule has 0 saturated heterocycles. The molecule has 0 unspecified atom stereocenters. The van der Waals surface area contributed by atoms with Crippen LogP contribution in [0.2, 0.25) is 6.04 Å². The standard InChI is InChI=1S/C20H17O4Si/c1-2-8-16(9-3-1)14-15-25(21-17-10-4-5-11-18(17)22-25)23-19-12-6-7-13-20(19)24-25/h1-13H,14-15H2/q-1. The van der Waals surface area contributed by atoms with E-state index in [4.69, 9.17) is 17.7 Å². The first-order valence-corrected chi connectivity index (χ1v) is 10.7. The fourth-order valence-corrected chi connectivity index (χ4v) is 7.14. The molecule has 3 aromatic rings. The number of fused-ring (bicyclic) bond motifs is 2. The van der Waals surface area contributed by atoms with Gasteiger partial charge in [0.15, 0.2) is 0 Å². The Morgan fingerprint density at radius 1 is 0.520 bits per heavy atom. The predicted octanol–water partition coefficient (Wildman–Crippen LogP) is 4.56. The van der Waals surface area contributed by atoms with Crippen molar-refractivity contribution in [3.63, 3.8) is 0 Å². The molecule has 0 N–H and O–H groups in total. The van der Waals surface area contributed by atoms with Crippen molar-refractivity contribution in [1.82, 2.24) is 0 Å². The van der Waals surface area contributed by atoms with Crippen molar-refractivity contribution in [2.45, 2.75) is 12.5 Å². The molecule has 0 aromatic heterocycles. The van der Waals surface area contributed by atoms with Gasteiger partial charge in [-0.2, -0.15) is 0 Å². The fraction of sp³-hybridized carbons (Fsp3) is 0.100. The van der Waals surface area contributed by atoms with E-state index in [0.29, 0.717) is 29.0 Å². The topological polar surface area (TPSA) is 36.9 Å². The molecule has 5 heteroatoms. The van der Waals surface area contributed by atoms with E-state index < -0.39 is 8.33 Å². The van der Waals surface area contributed by atoms with Gasteiger partial charge in [0, 0.05) is 0 Å². The van der Waals surface area contributed by atoms with Gasteiger partial charge in [-0.15, -0.1) is 0 Å². The minimum atomic E-state index is -4.11. The zero-order valence-corrected chi connectivity index (χ0v) is 14.6. The van der Waals surface area contributed by atoms with Crippen LogP contribution in [-0.4, -0.2) is 8.33 Å². The normalized spacial score (nSPS) is 19.3. The molecule has 3 aromatic carbocycles. The van der Waals surface area contributed by atoms with Gasteiger partial charge in [0.05, 0.1) is 0 Å². The summed E-state index contributed by atoms with van der Waals surface area (Å²) in [6.07, 6.45) is 0.747. The van der Waals surface area contributed by atoms with Crippen LogP contribution in [0.5, 0.6) is 23.0 Å². The van der Waals surface area contributed by atoms with Crippen LogP contribution in [0.1, 0.15) is 5.56 Å². The Bertz CT molecular complexity index is 828. The van der Waals surface area contributed by atoms with Gasteiger partial charge in [0.25, 0.3) is 0 Å². The van der Waals surface area contributed by atoms with Crippen LogP contribution in [0.4, 0.5) is 0 Å². The Morgan fingerprint density at radius 2 is 0.920 bits per heavy atom. The van der Waals surface area contributed by atoms with Gasteiger partial charge in [-0.05, 0) is 0 Å². The molecule has 25 heavy (non-hydrogen) atoms. The van der Waals surface area contributed by atoms with Crippen LogP contribution in [0, 0.1) is 0 Å². The third-order valence-corrected chi connectivity index (χ3v) is 8.12. The molecule has 126 valence electrons. The minimum absolute atomic E-state index is 0.535. The molecule has 5 rings (SSSR count). The molecule has 2 heterocycles. The summed E-state index contributed by atoms with van der Waals surface area (Å²) in [5, 5.41) is 0. The summed E-state index contributed by atoms with van der Waals surface area (Å²) in [4.78, 5) is 0.